The van der Waals surface area contributed by atoms with Crippen LogP contribution in [0.4, 0.5) is 0 Å². The van der Waals surface area contributed by atoms with Crippen molar-refractivity contribution in [3.05, 3.63) is 48.6 Å². The van der Waals surface area contributed by atoms with Crippen LogP contribution in [0.15, 0.2) is 48.6 Å². The highest BCUT2D eigenvalue weighted by atomic mass is 16.7. The van der Waals surface area contributed by atoms with Crippen molar-refractivity contribution >= 4 is 5.97 Å². The van der Waals surface area contributed by atoms with Crippen molar-refractivity contribution in [2.24, 2.45) is 0 Å². The Hall–Kier alpha value is -1.85. The third-order valence-electron chi connectivity index (χ3n) is 9.73. The Kier molecular flexibility index (Phi) is 34.2. The summed E-state index contributed by atoms with van der Waals surface area (Å²) >= 11 is 0. The molecule has 0 spiro atoms. The summed E-state index contributed by atoms with van der Waals surface area (Å²) in [5.41, 5.74) is 0. The molecule has 1 fully saturated rings. The van der Waals surface area contributed by atoms with Crippen LogP contribution in [0.3, 0.4) is 0 Å². The van der Waals surface area contributed by atoms with E-state index in [2.05, 4.69) is 62.5 Å². The molecule has 0 radical (unpaired) electrons. The Morgan fingerprint density at radius 2 is 1.13 bits per heavy atom. The molecule has 6 atom stereocenters. The van der Waals surface area contributed by atoms with Gasteiger partial charge in [0.2, 0.25) is 0 Å². The standard InChI is InChI=1S/C45H80O9/c1-3-5-7-9-11-13-15-17-18-19-20-21-23-25-27-29-31-33-35-51-37-39(38-52-45-44(50)43(49)42(48)40(36-46)54-45)53-41(47)34-32-30-28-26-24-22-16-14-12-10-8-6-4-2/h6,8,12,14,17-18,22,24,39-40,42-46,48-50H,3-5,7,9-11,13,15-16,19-21,23,25-38H2,1-2H3/b8-6-,14-12-,18-17-,24-22-. The van der Waals surface area contributed by atoms with Crippen molar-refractivity contribution < 1.29 is 44.2 Å². The van der Waals surface area contributed by atoms with Crippen LogP contribution in [-0.4, -0.2) is 89.6 Å². The van der Waals surface area contributed by atoms with Crippen LogP contribution in [-0.2, 0) is 23.7 Å². The summed E-state index contributed by atoms with van der Waals surface area (Å²) in [4.78, 5) is 12.7. The number of carbonyl (C=O) groups excluding carboxylic acids is 1. The molecule has 0 aromatic heterocycles. The zero-order chi connectivity index (χ0) is 39.3. The van der Waals surface area contributed by atoms with Gasteiger partial charge >= 0.3 is 5.97 Å². The van der Waals surface area contributed by atoms with E-state index in [-0.39, 0.29) is 25.6 Å². The third kappa shape index (κ3) is 27.7. The first kappa shape index (κ1) is 50.2. The van der Waals surface area contributed by atoms with Crippen molar-refractivity contribution in [3.63, 3.8) is 0 Å². The predicted molar refractivity (Wildman–Crippen MR) is 219 cm³/mol. The quantitative estimate of drug-likeness (QED) is 0.0280. The summed E-state index contributed by atoms with van der Waals surface area (Å²) < 4.78 is 22.7. The second kappa shape index (κ2) is 36.8. The van der Waals surface area contributed by atoms with Gasteiger partial charge in [0, 0.05) is 13.0 Å². The lowest BCUT2D eigenvalue weighted by atomic mass is 9.99. The van der Waals surface area contributed by atoms with E-state index in [1.165, 1.54) is 89.9 Å². The minimum Gasteiger partial charge on any atom is -0.457 e. The van der Waals surface area contributed by atoms with E-state index >= 15 is 0 Å². The van der Waals surface area contributed by atoms with Gasteiger partial charge in [-0.1, -0.05) is 140 Å². The van der Waals surface area contributed by atoms with Crippen molar-refractivity contribution in [2.45, 2.75) is 205 Å². The summed E-state index contributed by atoms with van der Waals surface area (Å²) in [6.45, 7) is 4.39. The first-order valence-corrected chi connectivity index (χ1v) is 21.7. The average molecular weight is 765 g/mol. The number of esters is 1. The lowest BCUT2D eigenvalue weighted by Gasteiger charge is -2.39. The van der Waals surface area contributed by atoms with E-state index in [1.807, 2.05) is 0 Å². The number of allylic oxidation sites excluding steroid dienone is 8. The molecular weight excluding hydrogens is 684 g/mol. The molecule has 1 aliphatic heterocycles. The summed E-state index contributed by atoms with van der Waals surface area (Å²) in [7, 11) is 0. The Bertz CT molecular complexity index is 963. The summed E-state index contributed by atoms with van der Waals surface area (Å²) in [6, 6.07) is 0. The van der Waals surface area contributed by atoms with Gasteiger partial charge in [-0.25, -0.2) is 0 Å². The van der Waals surface area contributed by atoms with E-state index in [1.54, 1.807) is 0 Å². The van der Waals surface area contributed by atoms with Crippen LogP contribution in [0.1, 0.15) is 168 Å². The molecule has 9 heteroatoms. The topological polar surface area (TPSA) is 135 Å². The van der Waals surface area contributed by atoms with Crippen LogP contribution in [0.25, 0.3) is 0 Å². The molecule has 4 N–H and O–H groups in total. The fourth-order valence-corrected chi connectivity index (χ4v) is 6.32. The van der Waals surface area contributed by atoms with Gasteiger partial charge in [0.15, 0.2) is 6.29 Å². The van der Waals surface area contributed by atoms with E-state index in [9.17, 15) is 25.2 Å². The SMILES string of the molecule is CC/C=C\C/C=C\C/C=C\CCCCCC(=O)OC(COCCCCCCCCCC/C=C\CCCCCCCC)COC1OC(CO)C(O)C(O)C1O. The van der Waals surface area contributed by atoms with Gasteiger partial charge < -0.3 is 39.4 Å². The van der Waals surface area contributed by atoms with Crippen molar-refractivity contribution in [2.75, 3.05) is 26.4 Å². The average Bonchev–Trinajstić information content (AvgIpc) is 3.17. The molecular formula is C45H80O9. The number of rotatable bonds is 36. The minimum atomic E-state index is -1.54. The van der Waals surface area contributed by atoms with Gasteiger partial charge in [0.1, 0.15) is 30.5 Å². The molecule has 0 aliphatic carbocycles. The smallest absolute Gasteiger partial charge is 0.306 e. The molecule has 0 bridgehead atoms. The second-order valence-corrected chi connectivity index (χ2v) is 14.8. The van der Waals surface area contributed by atoms with Crippen LogP contribution in [0.2, 0.25) is 0 Å². The Morgan fingerprint density at radius 3 is 1.72 bits per heavy atom. The van der Waals surface area contributed by atoms with Gasteiger partial charge in [-0.15, -0.1) is 0 Å². The summed E-state index contributed by atoms with van der Waals surface area (Å²) in [6.07, 6.45) is 37.1. The number of hydrogen-bond donors (Lipinski definition) is 4. The number of hydrogen-bond acceptors (Lipinski definition) is 9. The monoisotopic (exact) mass is 765 g/mol. The first-order valence-electron chi connectivity index (χ1n) is 21.7. The minimum absolute atomic E-state index is 0.128. The number of carbonyl (C=O) groups is 1. The highest BCUT2D eigenvalue weighted by Gasteiger charge is 2.44. The molecule has 54 heavy (non-hydrogen) atoms. The maximum absolute atomic E-state index is 12.7. The second-order valence-electron chi connectivity index (χ2n) is 14.8. The molecule has 1 aliphatic rings. The molecule has 0 amide bonds. The maximum Gasteiger partial charge on any atom is 0.306 e. The van der Waals surface area contributed by atoms with E-state index in [0.29, 0.717) is 13.0 Å². The zero-order valence-corrected chi connectivity index (χ0v) is 34.2. The highest BCUT2D eigenvalue weighted by Crippen LogP contribution is 2.22. The molecule has 1 rings (SSSR count). The normalized spacial score (nSPS) is 21.3. The third-order valence-corrected chi connectivity index (χ3v) is 9.73. The van der Waals surface area contributed by atoms with Gasteiger partial charge in [0.25, 0.3) is 0 Å². The summed E-state index contributed by atoms with van der Waals surface area (Å²) in [5, 5.41) is 40.0. The van der Waals surface area contributed by atoms with E-state index in [0.717, 1.165) is 51.4 Å². The number of aliphatic hydroxyl groups excluding tert-OH is 4. The zero-order valence-electron chi connectivity index (χ0n) is 34.2. The van der Waals surface area contributed by atoms with E-state index < -0.39 is 43.4 Å². The lowest BCUT2D eigenvalue weighted by molar-refractivity contribution is -0.305. The van der Waals surface area contributed by atoms with Crippen molar-refractivity contribution in [3.8, 4) is 0 Å². The van der Waals surface area contributed by atoms with Crippen LogP contribution in [0, 0.1) is 0 Å². The fraction of sp³-hybridized carbons (Fsp3) is 0.800. The number of aliphatic hydroxyl groups is 4. The van der Waals surface area contributed by atoms with Gasteiger partial charge in [-0.05, 0) is 70.6 Å². The molecule has 1 saturated heterocycles. The Morgan fingerprint density at radius 1 is 0.611 bits per heavy atom. The predicted octanol–water partition coefficient (Wildman–Crippen LogP) is 9.36. The van der Waals surface area contributed by atoms with Gasteiger partial charge in [0.05, 0.1) is 19.8 Å². The molecule has 6 unspecified atom stereocenters. The molecule has 1 heterocycles. The van der Waals surface area contributed by atoms with Gasteiger partial charge in [-0.2, -0.15) is 0 Å². The highest BCUT2D eigenvalue weighted by molar-refractivity contribution is 5.69. The van der Waals surface area contributed by atoms with Crippen molar-refractivity contribution in [1.82, 2.24) is 0 Å². The largest absolute Gasteiger partial charge is 0.457 e. The number of ether oxygens (including phenoxy) is 4. The van der Waals surface area contributed by atoms with Gasteiger partial charge in [-0.3, -0.25) is 4.79 Å². The Balaban J connectivity index is 2.29. The number of unbranched alkanes of at least 4 members (excludes halogenated alkanes) is 17. The molecule has 0 aromatic carbocycles. The van der Waals surface area contributed by atoms with Crippen LogP contribution < -0.4 is 0 Å². The van der Waals surface area contributed by atoms with E-state index in [4.69, 9.17) is 18.9 Å². The van der Waals surface area contributed by atoms with Crippen LogP contribution in [0.5, 0.6) is 0 Å². The first-order chi connectivity index (χ1) is 26.4. The van der Waals surface area contributed by atoms with Crippen LogP contribution >= 0.6 is 0 Å². The maximum atomic E-state index is 12.7. The fourth-order valence-electron chi connectivity index (χ4n) is 6.32. The molecule has 0 aromatic rings. The Labute approximate surface area is 329 Å². The molecule has 0 saturated carbocycles. The summed E-state index contributed by atoms with van der Waals surface area (Å²) in [5.74, 6) is -0.344. The lowest BCUT2D eigenvalue weighted by Crippen LogP contribution is -2.59. The molecule has 314 valence electrons. The van der Waals surface area contributed by atoms with Crippen molar-refractivity contribution in [1.29, 1.82) is 0 Å². The molecule has 9 nitrogen and oxygen atoms in total.